The van der Waals surface area contributed by atoms with E-state index < -0.39 is 0 Å². The lowest BCUT2D eigenvalue weighted by molar-refractivity contribution is 0.0192. The molecule has 1 aromatic carbocycles. The third-order valence-electron chi connectivity index (χ3n) is 3.20. The van der Waals surface area contributed by atoms with Crippen molar-refractivity contribution in [3.8, 4) is 5.75 Å². The van der Waals surface area contributed by atoms with Gasteiger partial charge in [0.1, 0.15) is 12.4 Å². The highest BCUT2D eigenvalue weighted by Gasteiger charge is 2.25. The fourth-order valence-corrected chi connectivity index (χ4v) is 2.53. The quantitative estimate of drug-likeness (QED) is 0.906. The van der Waals surface area contributed by atoms with Gasteiger partial charge in [0.25, 0.3) is 0 Å². The maximum Gasteiger partial charge on any atom is 0.123 e. The van der Waals surface area contributed by atoms with Crippen LogP contribution in [0.2, 0.25) is 0 Å². The van der Waals surface area contributed by atoms with Gasteiger partial charge in [0.15, 0.2) is 0 Å². The molecule has 1 fully saturated rings. The first-order chi connectivity index (χ1) is 8.69. The first kappa shape index (κ1) is 13.8. The van der Waals surface area contributed by atoms with E-state index in [0.29, 0.717) is 12.7 Å². The minimum Gasteiger partial charge on any atom is -0.491 e. The van der Waals surface area contributed by atoms with Gasteiger partial charge in [-0.2, -0.15) is 0 Å². The molecule has 4 heteroatoms. The van der Waals surface area contributed by atoms with E-state index in [-0.39, 0.29) is 6.10 Å². The van der Waals surface area contributed by atoms with E-state index in [0.717, 1.165) is 35.2 Å². The summed E-state index contributed by atoms with van der Waals surface area (Å²) in [5.74, 6) is 0.935. The van der Waals surface area contributed by atoms with Gasteiger partial charge >= 0.3 is 0 Å². The Morgan fingerprint density at radius 1 is 1.39 bits per heavy atom. The van der Waals surface area contributed by atoms with Crippen molar-refractivity contribution in [3.63, 3.8) is 0 Å². The number of benzene rings is 1. The number of ether oxygens (including phenoxy) is 2. The zero-order valence-electron chi connectivity index (χ0n) is 10.9. The molecule has 2 atom stereocenters. The highest BCUT2D eigenvalue weighted by Crippen LogP contribution is 2.25. The van der Waals surface area contributed by atoms with Gasteiger partial charge in [-0.05, 0) is 44.5 Å². The molecule has 0 radical (unpaired) electrons. The highest BCUT2D eigenvalue weighted by atomic mass is 79.9. The van der Waals surface area contributed by atoms with E-state index in [9.17, 15) is 0 Å². The SMILES string of the molecule is CNCC1CCC(COc2cc(Br)ccc2C)O1. The Morgan fingerprint density at radius 3 is 2.94 bits per heavy atom. The van der Waals surface area contributed by atoms with Gasteiger partial charge in [-0.1, -0.05) is 22.0 Å². The minimum absolute atomic E-state index is 0.224. The summed E-state index contributed by atoms with van der Waals surface area (Å²) in [7, 11) is 1.96. The lowest BCUT2D eigenvalue weighted by atomic mass is 10.2. The molecule has 0 bridgehead atoms. The largest absolute Gasteiger partial charge is 0.491 e. The standard InChI is InChI=1S/C14H20BrNO2/c1-10-3-4-11(15)7-14(10)17-9-13-6-5-12(18-13)8-16-2/h3-4,7,12-13,16H,5-6,8-9H2,1-2H3. The fraction of sp³-hybridized carbons (Fsp3) is 0.571. The van der Waals surface area contributed by atoms with Crippen molar-refractivity contribution >= 4 is 15.9 Å². The maximum atomic E-state index is 5.89. The Kier molecular flexibility index (Phi) is 5.03. The van der Waals surface area contributed by atoms with Crippen molar-refractivity contribution in [1.82, 2.24) is 5.32 Å². The van der Waals surface area contributed by atoms with Crippen LogP contribution in [-0.4, -0.2) is 32.4 Å². The highest BCUT2D eigenvalue weighted by molar-refractivity contribution is 9.10. The van der Waals surface area contributed by atoms with E-state index >= 15 is 0 Å². The Balaban J connectivity index is 1.83. The van der Waals surface area contributed by atoms with Gasteiger partial charge in [-0.25, -0.2) is 0 Å². The minimum atomic E-state index is 0.224. The molecule has 0 amide bonds. The van der Waals surface area contributed by atoms with Crippen molar-refractivity contribution < 1.29 is 9.47 Å². The fourth-order valence-electron chi connectivity index (χ4n) is 2.19. The molecule has 0 saturated carbocycles. The van der Waals surface area contributed by atoms with Crippen LogP contribution in [0.4, 0.5) is 0 Å². The summed E-state index contributed by atoms with van der Waals surface area (Å²) < 4.78 is 12.8. The monoisotopic (exact) mass is 313 g/mol. The summed E-state index contributed by atoms with van der Waals surface area (Å²) >= 11 is 3.46. The van der Waals surface area contributed by atoms with Gasteiger partial charge < -0.3 is 14.8 Å². The number of likely N-dealkylation sites (N-methyl/N-ethyl adjacent to an activating group) is 1. The van der Waals surface area contributed by atoms with E-state index in [2.05, 4.69) is 34.2 Å². The summed E-state index contributed by atoms with van der Waals surface area (Å²) in [5.41, 5.74) is 1.16. The Morgan fingerprint density at radius 2 is 2.17 bits per heavy atom. The van der Waals surface area contributed by atoms with Gasteiger partial charge in [0.2, 0.25) is 0 Å². The van der Waals surface area contributed by atoms with Crippen LogP contribution in [0.3, 0.4) is 0 Å². The number of hydrogen-bond donors (Lipinski definition) is 1. The second kappa shape index (κ2) is 6.55. The van der Waals surface area contributed by atoms with Crippen molar-refractivity contribution in [2.24, 2.45) is 0 Å². The predicted molar refractivity (Wildman–Crippen MR) is 76.2 cm³/mol. The normalized spacial score (nSPS) is 23.3. The number of halogens is 1. The number of rotatable bonds is 5. The molecule has 1 saturated heterocycles. The topological polar surface area (TPSA) is 30.5 Å². The van der Waals surface area contributed by atoms with E-state index in [1.54, 1.807) is 0 Å². The molecule has 1 heterocycles. The van der Waals surface area contributed by atoms with Gasteiger partial charge in [0.05, 0.1) is 12.2 Å². The second-order valence-corrected chi connectivity index (χ2v) is 5.65. The zero-order valence-corrected chi connectivity index (χ0v) is 12.5. The van der Waals surface area contributed by atoms with Crippen molar-refractivity contribution in [3.05, 3.63) is 28.2 Å². The van der Waals surface area contributed by atoms with Crippen molar-refractivity contribution in [1.29, 1.82) is 0 Å². The summed E-state index contributed by atoms with van der Waals surface area (Å²) in [6.45, 7) is 3.62. The lowest BCUT2D eigenvalue weighted by Gasteiger charge is -2.15. The molecule has 3 nitrogen and oxygen atoms in total. The van der Waals surface area contributed by atoms with E-state index in [1.165, 1.54) is 0 Å². The molecular formula is C14H20BrNO2. The van der Waals surface area contributed by atoms with Crippen LogP contribution in [0.25, 0.3) is 0 Å². The number of nitrogens with one attached hydrogen (secondary N) is 1. The molecule has 1 aliphatic heterocycles. The molecule has 1 N–H and O–H groups in total. The molecule has 1 aliphatic rings. The Labute approximate surface area is 117 Å². The van der Waals surface area contributed by atoms with E-state index in [4.69, 9.17) is 9.47 Å². The summed E-state index contributed by atoms with van der Waals surface area (Å²) in [6.07, 6.45) is 2.76. The van der Waals surface area contributed by atoms with Crippen molar-refractivity contribution in [2.45, 2.75) is 32.0 Å². The molecule has 0 aliphatic carbocycles. The predicted octanol–water partition coefficient (Wildman–Crippen LogP) is 2.90. The van der Waals surface area contributed by atoms with Crippen LogP contribution in [0.1, 0.15) is 18.4 Å². The average molecular weight is 314 g/mol. The Hall–Kier alpha value is -0.580. The van der Waals surface area contributed by atoms with Crippen molar-refractivity contribution in [2.75, 3.05) is 20.2 Å². The summed E-state index contributed by atoms with van der Waals surface area (Å²) in [5, 5.41) is 3.15. The third-order valence-corrected chi connectivity index (χ3v) is 3.70. The van der Waals surface area contributed by atoms with Crippen LogP contribution in [-0.2, 0) is 4.74 Å². The maximum absolute atomic E-state index is 5.89. The van der Waals surface area contributed by atoms with Crippen LogP contribution in [0.15, 0.2) is 22.7 Å². The van der Waals surface area contributed by atoms with Crippen LogP contribution < -0.4 is 10.1 Å². The summed E-state index contributed by atoms with van der Waals surface area (Å²) in [4.78, 5) is 0. The summed E-state index contributed by atoms with van der Waals surface area (Å²) in [6, 6.07) is 6.09. The second-order valence-electron chi connectivity index (χ2n) is 4.74. The van der Waals surface area contributed by atoms with Crippen LogP contribution >= 0.6 is 15.9 Å². The molecule has 0 aromatic heterocycles. The van der Waals surface area contributed by atoms with E-state index in [1.807, 2.05) is 19.2 Å². The third kappa shape index (κ3) is 3.70. The molecule has 0 spiro atoms. The van der Waals surface area contributed by atoms with Gasteiger partial charge in [-0.15, -0.1) is 0 Å². The van der Waals surface area contributed by atoms with Crippen LogP contribution in [0.5, 0.6) is 5.75 Å². The van der Waals surface area contributed by atoms with Gasteiger partial charge in [-0.3, -0.25) is 0 Å². The lowest BCUT2D eigenvalue weighted by Crippen LogP contribution is -2.25. The molecule has 2 unspecified atom stereocenters. The molecule has 1 aromatic rings. The number of hydrogen-bond acceptors (Lipinski definition) is 3. The molecule has 100 valence electrons. The molecule has 18 heavy (non-hydrogen) atoms. The first-order valence-corrected chi connectivity index (χ1v) is 7.17. The number of aryl methyl sites for hydroxylation is 1. The molecule has 2 rings (SSSR count). The Bertz CT molecular complexity index is 397. The smallest absolute Gasteiger partial charge is 0.123 e. The molecular weight excluding hydrogens is 294 g/mol. The van der Waals surface area contributed by atoms with Crippen LogP contribution in [0, 0.1) is 6.92 Å². The zero-order chi connectivity index (χ0) is 13.0. The average Bonchev–Trinajstić information content (AvgIpc) is 2.79. The van der Waals surface area contributed by atoms with Gasteiger partial charge in [0, 0.05) is 11.0 Å². The first-order valence-electron chi connectivity index (χ1n) is 6.38.